The summed E-state index contributed by atoms with van der Waals surface area (Å²) >= 11 is 0. The van der Waals surface area contributed by atoms with Gasteiger partial charge in [0.1, 0.15) is 0 Å². The highest BCUT2D eigenvalue weighted by molar-refractivity contribution is 6.06. The zero-order valence-electron chi connectivity index (χ0n) is 12.1. The molecular formula is C16H21N3O. The van der Waals surface area contributed by atoms with Crippen molar-refractivity contribution in [2.24, 2.45) is 0 Å². The van der Waals surface area contributed by atoms with Gasteiger partial charge in [0.2, 0.25) is 0 Å². The lowest BCUT2D eigenvalue weighted by Gasteiger charge is -2.35. The summed E-state index contributed by atoms with van der Waals surface area (Å²) in [5.74, 6) is 0.129. The van der Waals surface area contributed by atoms with E-state index in [4.69, 9.17) is 0 Å². The Morgan fingerprint density at radius 3 is 2.80 bits per heavy atom. The number of likely N-dealkylation sites (tertiary alicyclic amines) is 1. The first-order chi connectivity index (χ1) is 9.66. The molecule has 1 saturated heterocycles. The molecule has 0 atom stereocenters. The molecule has 1 N–H and O–H groups in total. The second-order valence-electron chi connectivity index (χ2n) is 5.69. The molecule has 3 rings (SSSR count). The SMILES string of the molecule is CN1CCC(N(C)C(=O)c2cccc3[nH]ccc23)CC1. The van der Waals surface area contributed by atoms with E-state index in [2.05, 4.69) is 16.9 Å². The summed E-state index contributed by atoms with van der Waals surface area (Å²) in [5, 5.41) is 1.01. The number of amides is 1. The van der Waals surface area contributed by atoms with Gasteiger partial charge in [-0.3, -0.25) is 4.79 Å². The van der Waals surface area contributed by atoms with Crippen molar-refractivity contribution < 1.29 is 4.79 Å². The van der Waals surface area contributed by atoms with Crippen molar-refractivity contribution in [1.82, 2.24) is 14.8 Å². The molecule has 1 aromatic heterocycles. The fraction of sp³-hybridized carbons (Fsp3) is 0.438. The van der Waals surface area contributed by atoms with Crippen molar-refractivity contribution >= 4 is 16.8 Å². The topological polar surface area (TPSA) is 39.3 Å². The van der Waals surface area contributed by atoms with Crippen LogP contribution in [0.5, 0.6) is 0 Å². The molecule has 1 fully saturated rings. The van der Waals surface area contributed by atoms with Crippen LogP contribution in [0, 0.1) is 0 Å². The maximum atomic E-state index is 12.7. The minimum absolute atomic E-state index is 0.129. The van der Waals surface area contributed by atoms with Crippen molar-refractivity contribution in [3.8, 4) is 0 Å². The van der Waals surface area contributed by atoms with Crippen LogP contribution < -0.4 is 0 Å². The molecule has 1 aliphatic rings. The van der Waals surface area contributed by atoms with E-state index in [0.29, 0.717) is 6.04 Å². The Kier molecular flexibility index (Phi) is 3.49. The molecule has 1 amide bonds. The molecule has 1 aromatic carbocycles. The van der Waals surface area contributed by atoms with Crippen molar-refractivity contribution in [2.45, 2.75) is 18.9 Å². The van der Waals surface area contributed by atoms with E-state index < -0.39 is 0 Å². The standard InChI is InChI=1S/C16H21N3O/c1-18-10-7-12(8-11-18)19(2)16(20)14-4-3-5-15-13(14)6-9-17-15/h3-6,9,12,17H,7-8,10-11H2,1-2H3. The summed E-state index contributed by atoms with van der Waals surface area (Å²) in [6, 6.07) is 8.19. The first-order valence-electron chi connectivity index (χ1n) is 7.18. The third-order valence-electron chi connectivity index (χ3n) is 4.38. The zero-order chi connectivity index (χ0) is 14.1. The second-order valence-corrected chi connectivity index (χ2v) is 5.69. The van der Waals surface area contributed by atoms with E-state index in [1.165, 1.54) is 0 Å². The van der Waals surface area contributed by atoms with E-state index >= 15 is 0 Å². The van der Waals surface area contributed by atoms with E-state index in [1.54, 1.807) is 0 Å². The van der Waals surface area contributed by atoms with Crippen LogP contribution in [-0.4, -0.2) is 53.9 Å². The Hall–Kier alpha value is -1.81. The molecule has 0 spiro atoms. The molecule has 2 heterocycles. The van der Waals surface area contributed by atoms with Crippen LogP contribution in [-0.2, 0) is 0 Å². The Labute approximate surface area is 119 Å². The average molecular weight is 271 g/mol. The Morgan fingerprint density at radius 1 is 1.30 bits per heavy atom. The maximum Gasteiger partial charge on any atom is 0.254 e. The molecule has 0 saturated carbocycles. The number of hydrogen-bond acceptors (Lipinski definition) is 2. The molecule has 0 radical (unpaired) electrons. The predicted octanol–water partition coefficient (Wildman–Crippen LogP) is 2.33. The molecule has 2 aromatic rings. The molecular weight excluding hydrogens is 250 g/mol. The molecule has 20 heavy (non-hydrogen) atoms. The predicted molar refractivity (Wildman–Crippen MR) is 80.9 cm³/mol. The molecule has 1 aliphatic heterocycles. The van der Waals surface area contributed by atoms with Crippen molar-refractivity contribution in [1.29, 1.82) is 0 Å². The first-order valence-corrected chi connectivity index (χ1v) is 7.18. The highest BCUT2D eigenvalue weighted by Gasteiger charge is 2.25. The minimum Gasteiger partial charge on any atom is -0.361 e. The van der Waals surface area contributed by atoms with E-state index in [1.807, 2.05) is 42.4 Å². The van der Waals surface area contributed by atoms with Gasteiger partial charge in [0.25, 0.3) is 5.91 Å². The third-order valence-corrected chi connectivity index (χ3v) is 4.38. The number of benzene rings is 1. The van der Waals surface area contributed by atoms with Gasteiger partial charge in [-0.1, -0.05) is 6.07 Å². The van der Waals surface area contributed by atoms with E-state index in [-0.39, 0.29) is 5.91 Å². The van der Waals surface area contributed by atoms with Crippen LogP contribution in [0.15, 0.2) is 30.5 Å². The number of hydrogen-bond donors (Lipinski definition) is 1. The van der Waals surface area contributed by atoms with Crippen LogP contribution >= 0.6 is 0 Å². The van der Waals surface area contributed by atoms with E-state index in [9.17, 15) is 4.79 Å². The number of rotatable bonds is 2. The van der Waals surface area contributed by atoms with Crippen LogP contribution in [0.3, 0.4) is 0 Å². The number of carbonyl (C=O) groups excluding carboxylic acids is 1. The normalized spacial score (nSPS) is 17.5. The number of aromatic nitrogens is 1. The van der Waals surface area contributed by atoms with Crippen LogP contribution in [0.4, 0.5) is 0 Å². The van der Waals surface area contributed by atoms with Crippen molar-refractivity contribution in [3.63, 3.8) is 0 Å². The smallest absolute Gasteiger partial charge is 0.254 e. The fourth-order valence-electron chi connectivity index (χ4n) is 3.01. The van der Waals surface area contributed by atoms with Gasteiger partial charge < -0.3 is 14.8 Å². The van der Waals surface area contributed by atoms with E-state index in [0.717, 1.165) is 42.4 Å². The Morgan fingerprint density at radius 2 is 2.05 bits per heavy atom. The summed E-state index contributed by atoms with van der Waals surface area (Å²) in [5.41, 5.74) is 1.82. The summed E-state index contributed by atoms with van der Waals surface area (Å²) < 4.78 is 0. The van der Waals surface area contributed by atoms with Gasteiger partial charge in [-0.05, 0) is 51.2 Å². The van der Waals surface area contributed by atoms with Crippen LogP contribution in [0.1, 0.15) is 23.2 Å². The number of nitrogens with one attached hydrogen (secondary N) is 1. The lowest BCUT2D eigenvalue weighted by Crippen LogP contribution is -2.44. The first kappa shape index (κ1) is 13.2. The summed E-state index contributed by atoms with van der Waals surface area (Å²) in [6.07, 6.45) is 4.00. The maximum absolute atomic E-state index is 12.7. The van der Waals surface area contributed by atoms with Crippen molar-refractivity contribution in [2.75, 3.05) is 27.2 Å². The highest BCUT2D eigenvalue weighted by Crippen LogP contribution is 2.22. The number of carbonyl (C=O) groups is 1. The van der Waals surface area contributed by atoms with Gasteiger partial charge in [0.05, 0.1) is 0 Å². The Bertz CT molecular complexity index is 611. The molecule has 0 unspecified atom stereocenters. The number of nitrogens with zero attached hydrogens (tertiary/aromatic N) is 2. The molecule has 0 bridgehead atoms. The number of piperidine rings is 1. The second kappa shape index (κ2) is 5.29. The van der Waals surface area contributed by atoms with Gasteiger partial charge in [-0.15, -0.1) is 0 Å². The fourth-order valence-corrected chi connectivity index (χ4v) is 3.01. The summed E-state index contributed by atoms with van der Waals surface area (Å²) in [7, 11) is 4.07. The highest BCUT2D eigenvalue weighted by atomic mass is 16.2. The van der Waals surface area contributed by atoms with Gasteiger partial charge in [0, 0.05) is 35.8 Å². The lowest BCUT2D eigenvalue weighted by atomic mass is 10.0. The molecule has 106 valence electrons. The van der Waals surface area contributed by atoms with Crippen molar-refractivity contribution in [3.05, 3.63) is 36.0 Å². The molecule has 0 aliphatic carbocycles. The third kappa shape index (κ3) is 2.31. The quantitative estimate of drug-likeness (QED) is 0.910. The van der Waals surface area contributed by atoms with Crippen LogP contribution in [0.2, 0.25) is 0 Å². The molecule has 4 nitrogen and oxygen atoms in total. The largest absolute Gasteiger partial charge is 0.361 e. The number of H-pyrrole nitrogens is 1. The molecule has 4 heteroatoms. The van der Waals surface area contributed by atoms with Gasteiger partial charge >= 0.3 is 0 Å². The summed E-state index contributed by atoms with van der Waals surface area (Å²) in [6.45, 7) is 2.13. The van der Waals surface area contributed by atoms with Gasteiger partial charge in [-0.2, -0.15) is 0 Å². The van der Waals surface area contributed by atoms with Crippen LogP contribution in [0.25, 0.3) is 10.9 Å². The Balaban J connectivity index is 1.83. The monoisotopic (exact) mass is 271 g/mol. The van der Waals surface area contributed by atoms with Gasteiger partial charge in [0.15, 0.2) is 0 Å². The zero-order valence-corrected chi connectivity index (χ0v) is 12.1. The average Bonchev–Trinajstić information content (AvgIpc) is 2.95. The number of fused-ring (bicyclic) bond motifs is 1. The minimum atomic E-state index is 0.129. The summed E-state index contributed by atoms with van der Waals surface area (Å²) in [4.78, 5) is 20.1. The lowest BCUT2D eigenvalue weighted by molar-refractivity contribution is 0.0661. The number of aromatic amines is 1. The van der Waals surface area contributed by atoms with Gasteiger partial charge in [-0.25, -0.2) is 0 Å².